The van der Waals surface area contributed by atoms with Gasteiger partial charge in [-0.15, -0.1) is 0 Å². The Morgan fingerprint density at radius 1 is 1.05 bits per heavy atom. The number of hydrogen-bond donors (Lipinski definition) is 3. The number of likely N-dealkylation sites (tertiary alicyclic amines) is 1. The van der Waals surface area contributed by atoms with Gasteiger partial charge in [0.15, 0.2) is 17.4 Å². The number of rotatable bonds is 7. The highest BCUT2D eigenvalue weighted by Crippen LogP contribution is 2.39. The van der Waals surface area contributed by atoms with E-state index in [2.05, 4.69) is 25.8 Å². The Kier molecular flexibility index (Phi) is 7.72. The number of amides is 3. The second-order valence-corrected chi connectivity index (χ2v) is 10.1. The lowest BCUT2D eigenvalue weighted by Crippen LogP contribution is -2.43. The van der Waals surface area contributed by atoms with Crippen LogP contribution in [0, 0.1) is 11.6 Å². The third kappa shape index (κ3) is 5.99. The molecule has 9 nitrogen and oxygen atoms in total. The van der Waals surface area contributed by atoms with E-state index in [4.69, 9.17) is 21.1 Å². The molecule has 0 radical (unpaired) electrons. The van der Waals surface area contributed by atoms with Gasteiger partial charge in [0, 0.05) is 35.8 Å². The van der Waals surface area contributed by atoms with E-state index in [9.17, 15) is 9.59 Å². The smallest absolute Gasteiger partial charge is 0.319 e. The second kappa shape index (κ2) is 11.2. The first-order valence-corrected chi connectivity index (χ1v) is 13.0. The van der Waals surface area contributed by atoms with Gasteiger partial charge in [-0.2, -0.15) is 0 Å². The van der Waals surface area contributed by atoms with E-state index in [1.165, 1.54) is 25.4 Å². The van der Waals surface area contributed by atoms with E-state index >= 15 is 8.78 Å². The molecule has 1 aromatic heterocycles. The first kappa shape index (κ1) is 26.9. The molecule has 3 aromatic rings. The van der Waals surface area contributed by atoms with Gasteiger partial charge >= 0.3 is 6.03 Å². The quantitative estimate of drug-likeness (QED) is 0.349. The highest BCUT2D eigenvalue weighted by atomic mass is 35.5. The molecule has 1 aliphatic carbocycles. The molecule has 3 N–H and O–H groups in total. The first-order valence-electron chi connectivity index (χ1n) is 12.6. The number of anilines is 1. The number of halogens is 3. The van der Waals surface area contributed by atoms with E-state index in [1.807, 2.05) is 7.05 Å². The molecule has 39 heavy (non-hydrogen) atoms. The standard InChI is InChI=1S/C27H28ClF2N5O4/c1-35-9-6-15(7-10-35)32-26(36)17-11-16-19(13-22(17)38-2)31-8-5-21(16)39-25-18(29)12-20(23(28)24(25)30)34-27(37)33-14-3-4-14/h5,8,11-15H,3-4,6-7,9-10H2,1-2H3,(H,32,36)(H2,33,34,37). The number of nitrogens with one attached hydrogen (secondary N) is 3. The average molecular weight is 560 g/mol. The summed E-state index contributed by atoms with van der Waals surface area (Å²) in [7, 11) is 3.48. The summed E-state index contributed by atoms with van der Waals surface area (Å²) in [5.74, 6) is -2.99. The van der Waals surface area contributed by atoms with Crippen molar-refractivity contribution < 1.29 is 27.8 Å². The number of pyridine rings is 1. The van der Waals surface area contributed by atoms with Crippen molar-refractivity contribution in [2.75, 3.05) is 32.6 Å². The van der Waals surface area contributed by atoms with Crippen LogP contribution in [0.1, 0.15) is 36.0 Å². The summed E-state index contributed by atoms with van der Waals surface area (Å²) in [6.07, 6.45) is 4.75. The van der Waals surface area contributed by atoms with Crippen LogP contribution in [0.3, 0.4) is 0 Å². The van der Waals surface area contributed by atoms with E-state index in [-0.39, 0.29) is 35.0 Å². The number of benzene rings is 2. The van der Waals surface area contributed by atoms with Crippen LogP contribution < -0.4 is 25.4 Å². The summed E-state index contributed by atoms with van der Waals surface area (Å²) in [6, 6.07) is 4.87. The lowest BCUT2D eigenvalue weighted by molar-refractivity contribution is 0.0914. The minimum absolute atomic E-state index is 0.0162. The van der Waals surface area contributed by atoms with Crippen LogP contribution in [0.4, 0.5) is 19.3 Å². The number of fused-ring (bicyclic) bond motifs is 1. The number of aromatic nitrogens is 1. The molecular formula is C27H28ClF2N5O4. The third-order valence-corrected chi connectivity index (χ3v) is 7.18. The number of methoxy groups -OCH3 is 1. The highest BCUT2D eigenvalue weighted by Gasteiger charge is 2.26. The molecule has 0 unspecified atom stereocenters. The molecule has 2 fully saturated rings. The zero-order chi connectivity index (χ0) is 27.7. The van der Waals surface area contributed by atoms with Crippen molar-refractivity contribution in [1.29, 1.82) is 0 Å². The molecule has 0 spiro atoms. The van der Waals surface area contributed by atoms with Crippen molar-refractivity contribution in [3.05, 3.63) is 52.7 Å². The number of ether oxygens (including phenoxy) is 2. The predicted octanol–water partition coefficient (Wildman–Crippen LogP) is 5.08. The van der Waals surface area contributed by atoms with E-state index in [1.54, 1.807) is 6.07 Å². The van der Waals surface area contributed by atoms with Crippen molar-refractivity contribution in [3.8, 4) is 17.2 Å². The normalized spacial score (nSPS) is 16.1. The Morgan fingerprint density at radius 3 is 2.46 bits per heavy atom. The first-order chi connectivity index (χ1) is 18.7. The van der Waals surface area contributed by atoms with Crippen LogP contribution in [-0.4, -0.2) is 61.2 Å². The van der Waals surface area contributed by atoms with Crippen LogP contribution in [0.15, 0.2) is 30.5 Å². The van der Waals surface area contributed by atoms with Crippen LogP contribution in [0.25, 0.3) is 10.9 Å². The molecule has 2 heterocycles. The molecule has 0 atom stereocenters. The maximum Gasteiger partial charge on any atom is 0.319 e. The third-order valence-electron chi connectivity index (χ3n) is 6.81. The highest BCUT2D eigenvalue weighted by molar-refractivity contribution is 6.34. The van der Waals surface area contributed by atoms with Crippen molar-refractivity contribution in [2.24, 2.45) is 0 Å². The number of carbonyl (C=O) groups is 2. The van der Waals surface area contributed by atoms with Gasteiger partial charge < -0.3 is 30.3 Å². The fourth-order valence-electron chi connectivity index (χ4n) is 4.44. The van der Waals surface area contributed by atoms with Gasteiger partial charge in [-0.3, -0.25) is 9.78 Å². The largest absolute Gasteiger partial charge is 0.496 e. The topological polar surface area (TPSA) is 105 Å². The summed E-state index contributed by atoms with van der Waals surface area (Å²) in [5.41, 5.74) is 0.401. The Morgan fingerprint density at radius 2 is 1.77 bits per heavy atom. The number of piperidine rings is 1. The Bertz CT molecular complexity index is 1430. The molecule has 1 saturated heterocycles. The minimum Gasteiger partial charge on any atom is -0.496 e. The second-order valence-electron chi connectivity index (χ2n) is 9.77. The minimum atomic E-state index is -1.18. The lowest BCUT2D eigenvalue weighted by Gasteiger charge is -2.29. The molecule has 5 rings (SSSR count). The summed E-state index contributed by atoms with van der Waals surface area (Å²) in [4.78, 5) is 31.7. The SMILES string of the molecule is COc1cc2nccc(Oc3c(F)cc(NC(=O)NC4CC4)c(Cl)c3F)c2cc1C(=O)NC1CCN(C)CC1. The number of urea groups is 1. The molecule has 206 valence electrons. The van der Waals surface area contributed by atoms with Crippen LogP contribution in [0.5, 0.6) is 17.2 Å². The molecule has 2 aliphatic rings. The Labute approximate surface area is 228 Å². The van der Waals surface area contributed by atoms with Gasteiger partial charge in [-0.25, -0.2) is 13.6 Å². The molecule has 1 aliphatic heterocycles. The molecule has 12 heteroatoms. The maximum atomic E-state index is 15.2. The molecule has 3 amide bonds. The van der Waals surface area contributed by atoms with Gasteiger partial charge in [-0.1, -0.05) is 11.6 Å². The van der Waals surface area contributed by atoms with Gasteiger partial charge in [-0.05, 0) is 58.0 Å². The number of carbonyl (C=O) groups excluding carboxylic acids is 2. The van der Waals surface area contributed by atoms with Gasteiger partial charge in [0.25, 0.3) is 5.91 Å². The van der Waals surface area contributed by atoms with Crippen LogP contribution in [0.2, 0.25) is 5.02 Å². The van der Waals surface area contributed by atoms with E-state index in [0.29, 0.717) is 16.7 Å². The summed E-state index contributed by atoms with van der Waals surface area (Å²) in [6.45, 7) is 1.75. The molecular weight excluding hydrogens is 532 g/mol. The summed E-state index contributed by atoms with van der Waals surface area (Å²) >= 11 is 6.11. The molecule has 0 bridgehead atoms. The van der Waals surface area contributed by atoms with Crippen molar-refractivity contribution in [2.45, 2.75) is 37.8 Å². The fraction of sp³-hybridized carbons (Fsp3) is 0.370. The van der Waals surface area contributed by atoms with E-state index < -0.39 is 28.4 Å². The van der Waals surface area contributed by atoms with E-state index in [0.717, 1.165) is 44.8 Å². The van der Waals surface area contributed by atoms with Gasteiger partial charge in [0.1, 0.15) is 16.5 Å². The van der Waals surface area contributed by atoms with Crippen molar-refractivity contribution >= 4 is 40.1 Å². The van der Waals surface area contributed by atoms with Crippen molar-refractivity contribution in [1.82, 2.24) is 20.5 Å². The predicted molar refractivity (Wildman–Crippen MR) is 143 cm³/mol. The fourth-order valence-corrected chi connectivity index (χ4v) is 4.63. The lowest BCUT2D eigenvalue weighted by atomic mass is 10.0. The Balaban J connectivity index is 1.43. The monoisotopic (exact) mass is 559 g/mol. The molecule has 1 saturated carbocycles. The van der Waals surface area contributed by atoms with Crippen molar-refractivity contribution in [3.63, 3.8) is 0 Å². The summed E-state index contributed by atoms with van der Waals surface area (Å²) < 4.78 is 41.3. The zero-order valence-electron chi connectivity index (χ0n) is 21.4. The Hall–Kier alpha value is -3.70. The molecule has 2 aromatic carbocycles. The number of nitrogens with zero attached hydrogens (tertiary/aromatic N) is 2. The maximum absolute atomic E-state index is 15.2. The average Bonchev–Trinajstić information content (AvgIpc) is 3.74. The van der Waals surface area contributed by atoms with Gasteiger partial charge in [0.05, 0.1) is 23.9 Å². The summed E-state index contributed by atoms with van der Waals surface area (Å²) in [5, 5.41) is 7.90. The van der Waals surface area contributed by atoms with Gasteiger partial charge in [0.2, 0.25) is 0 Å². The van der Waals surface area contributed by atoms with Crippen LogP contribution >= 0.6 is 11.6 Å². The zero-order valence-corrected chi connectivity index (χ0v) is 22.2. The van der Waals surface area contributed by atoms with Crippen LogP contribution in [-0.2, 0) is 0 Å². The number of hydrogen-bond acceptors (Lipinski definition) is 6.